The Labute approximate surface area is 172 Å². The smallest absolute Gasteiger partial charge is 0.274 e. The standard InChI is InChI=1S/C23H30N4O2/c1-5-26-12-14-27(15-13-26)22(29)17-10-11-24-20(16-17)21(28)25-19-8-6-18(7-9-19)23(2,3)4/h6-11,16H,5,12-15H2,1-4H3,(H,25,28). The predicted molar refractivity (Wildman–Crippen MR) is 115 cm³/mol. The number of likely N-dealkylation sites (N-methyl/N-ethyl adjacent to an activating group) is 1. The summed E-state index contributed by atoms with van der Waals surface area (Å²) in [5.41, 5.74) is 2.70. The average Bonchev–Trinajstić information content (AvgIpc) is 2.73. The van der Waals surface area contributed by atoms with Gasteiger partial charge in [0.05, 0.1) is 0 Å². The third-order valence-electron chi connectivity index (χ3n) is 5.36. The van der Waals surface area contributed by atoms with Crippen LogP contribution < -0.4 is 5.32 Å². The molecule has 1 aromatic carbocycles. The van der Waals surface area contributed by atoms with E-state index in [2.05, 4.69) is 42.9 Å². The van der Waals surface area contributed by atoms with E-state index in [1.165, 1.54) is 11.8 Å². The minimum Gasteiger partial charge on any atom is -0.336 e. The van der Waals surface area contributed by atoms with E-state index in [0.717, 1.165) is 19.6 Å². The quantitative estimate of drug-likeness (QED) is 0.863. The molecule has 2 amide bonds. The summed E-state index contributed by atoms with van der Waals surface area (Å²) in [5.74, 6) is -0.370. The maximum atomic E-state index is 12.8. The van der Waals surface area contributed by atoms with Crippen molar-refractivity contribution in [1.29, 1.82) is 0 Å². The second-order valence-corrected chi connectivity index (χ2v) is 8.44. The lowest BCUT2D eigenvalue weighted by molar-refractivity contribution is 0.0643. The molecule has 1 saturated heterocycles. The van der Waals surface area contributed by atoms with Gasteiger partial charge in [-0.3, -0.25) is 14.6 Å². The number of carbonyl (C=O) groups excluding carboxylic acids is 2. The summed E-state index contributed by atoms with van der Waals surface area (Å²) < 4.78 is 0. The van der Waals surface area contributed by atoms with Crippen LogP contribution in [0.1, 0.15) is 54.1 Å². The molecule has 1 N–H and O–H groups in total. The van der Waals surface area contributed by atoms with Crippen molar-refractivity contribution in [3.05, 3.63) is 59.4 Å². The number of amides is 2. The van der Waals surface area contributed by atoms with Crippen LogP contribution in [-0.2, 0) is 5.41 Å². The van der Waals surface area contributed by atoms with Crippen molar-refractivity contribution in [3.8, 4) is 0 Å². The summed E-state index contributed by atoms with van der Waals surface area (Å²) >= 11 is 0. The lowest BCUT2D eigenvalue weighted by Gasteiger charge is -2.34. The number of anilines is 1. The Morgan fingerprint density at radius 1 is 1.03 bits per heavy atom. The van der Waals surface area contributed by atoms with Crippen LogP contribution in [0.2, 0.25) is 0 Å². The molecule has 0 aliphatic carbocycles. The number of aromatic nitrogens is 1. The van der Waals surface area contributed by atoms with Gasteiger partial charge in [0.2, 0.25) is 0 Å². The zero-order chi connectivity index (χ0) is 21.0. The van der Waals surface area contributed by atoms with Crippen LogP contribution in [0, 0.1) is 0 Å². The SMILES string of the molecule is CCN1CCN(C(=O)c2ccnc(C(=O)Nc3ccc(C(C)(C)C)cc3)c2)CC1. The third-order valence-corrected chi connectivity index (χ3v) is 5.36. The van der Waals surface area contributed by atoms with E-state index in [-0.39, 0.29) is 22.9 Å². The highest BCUT2D eigenvalue weighted by atomic mass is 16.2. The second-order valence-electron chi connectivity index (χ2n) is 8.44. The molecular formula is C23H30N4O2. The van der Waals surface area contributed by atoms with Gasteiger partial charge in [-0.1, -0.05) is 39.8 Å². The Kier molecular flexibility index (Phi) is 6.33. The van der Waals surface area contributed by atoms with Gasteiger partial charge in [-0.2, -0.15) is 0 Å². The van der Waals surface area contributed by atoms with Crippen LogP contribution >= 0.6 is 0 Å². The maximum Gasteiger partial charge on any atom is 0.274 e. The van der Waals surface area contributed by atoms with E-state index < -0.39 is 0 Å². The maximum absolute atomic E-state index is 12.8. The molecule has 1 aromatic heterocycles. The number of hydrogen-bond acceptors (Lipinski definition) is 4. The molecule has 0 atom stereocenters. The first-order chi connectivity index (χ1) is 13.8. The molecule has 3 rings (SSSR count). The molecule has 2 aromatic rings. The van der Waals surface area contributed by atoms with Gasteiger partial charge in [-0.05, 0) is 41.8 Å². The second kappa shape index (κ2) is 8.74. The van der Waals surface area contributed by atoms with E-state index in [9.17, 15) is 9.59 Å². The third kappa shape index (κ3) is 5.21. The number of pyridine rings is 1. The van der Waals surface area contributed by atoms with Crippen molar-refractivity contribution in [2.45, 2.75) is 33.1 Å². The molecule has 2 heterocycles. The number of benzene rings is 1. The Morgan fingerprint density at radius 3 is 2.28 bits per heavy atom. The highest BCUT2D eigenvalue weighted by Crippen LogP contribution is 2.23. The van der Waals surface area contributed by atoms with Gasteiger partial charge in [-0.15, -0.1) is 0 Å². The summed E-state index contributed by atoms with van der Waals surface area (Å²) in [6.45, 7) is 12.7. The van der Waals surface area contributed by atoms with Crippen molar-refractivity contribution >= 4 is 17.5 Å². The van der Waals surface area contributed by atoms with E-state index >= 15 is 0 Å². The minimum atomic E-state index is -0.320. The van der Waals surface area contributed by atoms with Crippen LogP contribution in [-0.4, -0.2) is 59.3 Å². The summed E-state index contributed by atoms with van der Waals surface area (Å²) in [7, 11) is 0. The van der Waals surface area contributed by atoms with Crippen LogP contribution in [0.15, 0.2) is 42.6 Å². The van der Waals surface area contributed by atoms with Crippen molar-refractivity contribution in [3.63, 3.8) is 0 Å². The zero-order valence-corrected chi connectivity index (χ0v) is 17.7. The molecule has 1 fully saturated rings. The first-order valence-electron chi connectivity index (χ1n) is 10.2. The van der Waals surface area contributed by atoms with E-state index in [0.29, 0.717) is 24.3 Å². The van der Waals surface area contributed by atoms with E-state index in [1.54, 1.807) is 12.1 Å². The van der Waals surface area contributed by atoms with Crippen molar-refractivity contribution in [2.24, 2.45) is 0 Å². The zero-order valence-electron chi connectivity index (χ0n) is 17.7. The summed E-state index contributed by atoms with van der Waals surface area (Å²) in [6.07, 6.45) is 1.52. The Bertz CT molecular complexity index is 863. The minimum absolute atomic E-state index is 0.0493. The largest absolute Gasteiger partial charge is 0.336 e. The summed E-state index contributed by atoms with van der Waals surface area (Å²) in [5, 5.41) is 2.86. The highest BCUT2D eigenvalue weighted by Gasteiger charge is 2.22. The Hall–Kier alpha value is -2.73. The first kappa shape index (κ1) is 21.0. The molecule has 0 saturated carbocycles. The van der Waals surface area contributed by atoms with Gasteiger partial charge >= 0.3 is 0 Å². The molecule has 0 unspecified atom stereocenters. The highest BCUT2D eigenvalue weighted by molar-refractivity contribution is 6.04. The Balaban J connectivity index is 1.67. The predicted octanol–water partition coefficient (Wildman–Crippen LogP) is 3.41. The van der Waals surface area contributed by atoms with Crippen molar-refractivity contribution in [2.75, 3.05) is 38.0 Å². The van der Waals surface area contributed by atoms with Crippen molar-refractivity contribution < 1.29 is 9.59 Å². The molecule has 29 heavy (non-hydrogen) atoms. The molecular weight excluding hydrogens is 364 g/mol. The topological polar surface area (TPSA) is 65.5 Å². The van der Waals surface area contributed by atoms with Gasteiger partial charge in [0.1, 0.15) is 5.69 Å². The molecule has 1 aliphatic rings. The average molecular weight is 395 g/mol. The van der Waals surface area contributed by atoms with Gasteiger partial charge in [0.25, 0.3) is 11.8 Å². The number of piperazine rings is 1. The number of carbonyl (C=O) groups is 2. The summed E-state index contributed by atoms with van der Waals surface area (Å²) in [6, 6.07) is 11.1. The normalized spacial score (nSPS) is 15.2. The number of nitrogens with zero attached hydrogens (tertiary/aromatic N) is 3. The van der Waals surface area contributed by atoms with Crippen LogP contribution in [0.25, 0.3) is 0 Å². The lowest BCUT2D eigenvalue weighted by Crippen LogP contribution is -2.48. The lowest BCUT2D eigenvalue weighted by atomic mass is 9.87. The van der Waals surface area contributed by atoms with Crippen LogP contribution in [0.4, 0.5) is 5.69 Å². The van der Waals surface area contributed by atoms with Gasteiger partial charge < -0.3 is 15.1 Å². The number of rotatable bonds is 4. The summed E-state index contributed by atoms with van der Waals surface area (Å²) in [4.78, 5) is 33.7. The molecule has 1 aliphatic heterocycles. The first-order valence-corrected chi connectivity index (χ1v) is 10.2. The van der Waals surface area contributed by atoms with Gasteiger partial charge in [0.15, 0.2) is 0 Å². The van der Waals surface area contributed by atoms with Gasteiger partial charge in [-0.25, -0.2) is 0 Å². The molecule has 6 heteroatoms. The monoisotopic (exact) mass is 394 g/mol. The fraction of sp³-hybridized carbons (Fsp3) is 0.435. The van der Waals surface area contributed by atoms with Crippen molar-refractivity contribution in [1.82, 2.24) is 14.8 Å². The van der Waals surface area contributed by atoms with E-state index in [1.807, 2.05) is 29.2 Å². The molecule has 154 valence electrons. The van der Waals surface area contributed by atoms with Crippen LogP contribution in [0.5, 0.6) is 0 Å². The molecule has 0 radical (unpaired) electrons. The molecule has 6 nitrogen and oxygen atoms in total. The van der Waals surface area contributed by atoms with Gasteiger partial charge in [0, 0.05) is 43.6 Å². The fourth-order valence-corrected chi connectivity index (χ4v) is 3.39. The Morgan fingerprint density at radius 2 is 1.69 bits per heavy atom. The molecule has 0 spiro atoms. The number of hydrogen-bond donors (Lipinski definition) is 1. The number of nitrogens with one attached hydrogen (secondary N) is 1. The van der Waals surface area contributed by atoms with E-state index in [4.69, 9.17) is 0 Å². The van der Waals surface area contributed by atoms with Crippen LogP contribution in [0.3, 0.4) is 0 Å². The molecule has 0 bridgehead atoms. The fourth-order valence-electron chi connectivity index (χ4n) is 3.39.